The summed E-state index contributed by atoms with van der Waals surface area (Å²) in [6.45, 7) is 0. The number of benzene rings is 2. The number of hydrogen-bond acceptors (Lipinski definition) is 4. The number of amides is 1. The van der Waals surface area contributed by atoms with E-state index >= 15 is 0 Å². The highest BCUT2D eigenvalue weighted by Gasteiger charge is 2.22. The number of methoxy groups -OCH3 is 1. The summed E-state index contributed by atoms with van der Waals surface area (Å²) in [5.41, 5.74) is 5.64. The number of hydrogen-bond donors (Lipinski definition) is 2. The molecule has 1 amide bonds. The summed E-state index contributed by atoms with van der Waals surface area (Å²) in [5, 5.41) is -0.145. The van der Waals surface area contributed by atoms with Crippen molar-refractivity contribution >= 4 is 44.8 Å². The van der Waals surface area contributed by atoms with Gasteiger partial charge in [-0.1, -0.05) is 23.2 Å². The highest BCUT2D eigenvalue weighted by Crippen LogP contribution is 2.37. The first kappa shape index (κ1) is 17.4. The minimum atomic E-state index is -3.96. The van der Waals surface area contributed by atoms with Crippen LogP contribution >= 0.6 is 23.2 Å². The molecule has 0 heterocycles. The Labute approximate surface area is 143 Å². The minimum Gasteiger partial charge on any atom is -0.495 e. The van der Waals surface area contributed by atoms with Crippen molar-refractivity contribution < 1.29 is 17.9 Å². The van der Waals surface area contributed by atoms with Gasteiger partial charge in [-0.2, -0.15) is 0 Å². The van der Waals surface area contributed by atoms with Crippen LogP contribution in [0.2, 0.25) is 10.0 Å². The number of primary amides is 1. The van der Waals surface area contributed by atoms with Crippen LogP contribution in [0.25, 0.3) is 0 Å². The van der Waals surface area contributed by atoms with Gasteiger partial charge in [0.15, 0.2) is 0 Å². The van der Waals surface area contributed by atoms with Gasteiger partial charge >= 0.3 is 0 Å². The molecule has 23 heavy (non-hydrogen) atoms. The number of halogens is 2. The Morgan fingerprint density at radius 3 is 2.22 bits per heavy atom. The molecule has 0 saturated heterocycles. The fourth-order valence-electron chi connectivity index (χ4n) is 1.79. The van der Waals surface area contributed by atoms with E-state index in [1.807, 2.05) is 0 Å². The van der Waals surface area contributed by atoms with Gasteiger partial charge in [-0.25, -0.2) is 8.42 Å². The van der Waals surface area contributed by atoms with Crippen molar-refractivity contribution in [3.63, 3.8) is 0 Å². The fraction of sp³-hybridized carbons (Fsp3) is 0.0714. The molecule has 0 aliphatic rings. The molecule has 2 aromatic carbocycles. The number of anilines is 1. The van der Waals surface area contributed by atoms with E-state index in [1.54, 1.807) is 0 Å². The predicted molar refractivity (Wildman–Crippen MR) is 88.8 cm³/mol. The maximum absolute atomic E-state index is 12.4. The van der Waals surface area contributed by atoms with E-state index in [4.69, 9.17) is 33.7 Å². The Balaban J connectivity index is 2.36. The zero-order chi connectivity index (χ0) is 17.2. The van der Waals surface area contributed by atoms with Gasteiger partial charge in [0, 0.05) is 11.3 Å². The van der Waals surface area contributed by atoms with Crippen LogP contribution < -0.4 is 15.2 Å². The van der Waals surface area contributed by atoms with Crippen molar-refractivity contribution in [3.05, 3.63) is 52.0 Å². The second-order valence-electron chi connectivity index (χ2n) is 4.44. The van der Waals surface area contributed by atoms with Gasteiger partial charge < -0.3 is 10.5 Å². The third-order valence-corrected chi connectivity index (χ3v) is 5.34. The Kier molecular flexibility index (Phi) is 5.03. The molecule has 0 saturated carbocycles. The van der Waals surface area contributed by atoms with Crippen LogP contribution in [0.15, 0.2) is 41.3 Å². The molecule has 3 N–H and O–H groups in total. The van der Waals surface area contributed by atoms with Gasteiger partial charge in [-0.3, -0.25) is 9.52 Å². The van der Waals surface area contributed by atoms with Gasteiger partial charge in [-0.15, -0.1) is 0 Å². The molecule has 0 atom stereocenters. The summed E-state index contributed by atoms with van der Waals surface area (Å²) >= 11 is 12.0. The zero-order valence-electron chi connectivity index (χ0n) is 11.8. The molecule has 122 valence electrons. The van der Waals surface area contributed by atoms with Crippen LogP contribution in [0.3, 0.4) is 0 Å². The summed E-state index contributed by atoms with van der Waals surface area (Å²) in [6, 6.07) is 8.32. The largest absolute Gasteiger partial charge is 0.495 e. The molecule has 0 spiro atoms. The Bertz CT molecular complexity index is 852. The summed E-state index contributed by atoms with van der Waals surface area (Å²) in [4.78, 5) is 10.8. The first-order valence-electron chi connectivity index (χ1n) is 6.21. The number of ether oxygens (including phenoxy) is 1. The zero-order valence-corrected chi connectivity index (χ0v) is 14.2. The fourth-order valence-corrected chi connectivity index (χ4v) is 3.69. The van der Waals surface area contributed by atoms with E-state index in [9.17, 15) is 13.2 Å². The smallest absolute Gasteiger partial charge is 0.263 e. The van der Waals surface area contributed by atoms with Crippen LogP contribution in [0.1, 0.15) is 10.4 Å². The standard InChI is InChI=1S/C14H12Cl2N2O4S/c1-22-10-6-7-11(13(16)12(10)15)23(20,21)18-9-4-2-8(3-5-9)14(17)19/h2-7,18H,1H3,(H2,17,19). The van der Waals surface area contributed by atoms with Gasteiger partial charge in [0.2, 0.25) is 5.91 Å². The van der Waals surface area contributed by atoms with E-state index in [2.05, 4.69) is 4.72 Å². The highest BCUT2D eigenvalue weighted by molar-refractivity contribution is 7.92. The third-order valence-electron chi connectivity index (χ3n) is 2.94. The number of sulfonamides is 1. The average molecular weight is 375 g/mol. The molecule has 2 rings (SSSR count). The number of nitrogens with two attached hydrogens (primary N) is 1. The van der Waals surface area contributed by atoms with Crippen molar-refractivity contribution in [1.82, 2.24) is 0 Å². The van der Waals surface area contributed by atoms with E-state index in [1.165, 1.54) is 43.5 Å². The molecule has 6 nitrogen and oxygen atoms in total. The van der Waals surface area contributed by atoms with Crippen LogP contribution in [-0.2, 0) is 10.0 Å². The molecule has 2 aromatic rings. The minimum absolute atomic E-state index is 0.00104. The highest BCUT2D eigenvalue weighted by atomic mass is 35.5. The van der Waals surface area contributed by atoms with Gasteiger partial charge in [0.05, 0.1) is 12.1 Å². The number of rotatable bonds is 5. The molecule has 0 unspecified atom stereocenters. The lowest BCUT2D eigenvalue weighted by atomic mass is 10.2. The van der Waals surface area contributed by atoms with Crippen LogP contribution in [0.5, 0.6) is 5.75 Å². The molecule has 0 fully saturated rings. The van der Waals surface area contributed by atoms with Crippen molar-refractivity contribution in [2.45, 2.75) is 4.90 Å². The van der Waals surface area contributed by atoms with Crippen LogP contribution in [-0.4, -0.2) is 21.4 Å². The van der Waals surface area contributed by atoms with Crippen LogP contribution in [0, 0.1) is 0 Å². The molecule has 0 aliphatic carbocycles. The summed E-state index contributed by atoms with van der Waals surface area (Å²) in [7, 11) is -2.57. The van der Waals surface area contributed by atoms with Crippen molar-refractivity contribution in [2.75, 3.05) is 11.8 Å². The SMILES string of the molecule is COc1ccc(S(=O)(=O)Nc2ccc(C(N)=O)cc2)c(Cl)c1Cl. The molecule has 9 heteroatoms. The van der Waals surface area contributed by atoms with Crippen molar-refractivity contribution in [2.24, 2.45) is 5.73 Å². The quantitative estimate of drug-likeness (QED) is 0.840. The second-order valence-corrected chi connectivity index (χ2v) is 6.85. The van der Waals surface area contributed by atoms with E-state index in [0.29, 0.717) is 0 Å². The molecule has 0 radical (unpaired) electrons. The number of carbonyl (C=O) groups excluding carboxylic acids is 1. The van der Waals surface area contributed by atoms with Gasteiger partial charge in [0.1, 0.15) is 15.7 Å². The van der Waals surface area contributed by atoms with Crippen LogP contribution in [0.4, 0.5) is 5.69 Å². The van der Waals surface area contributed by atoms with Crippen molar-refractivity contribution in [3.8, 4) is 5.75 Å². The molecule has 0 aliphatic heterocycles. The average Bonchev–Trinajstić information content (AvgIpc) is 2.49. The molecule has 0 aromatic heterocycles. The normalized spacial score (nSPS) is 11.1. The maximum Gasteiger partial charge on any atom is 0.263 e. The topological polar surface area (TPSA) is 98.5 Å². The third kappa shape index (κ3) is 3.69. The van der Waals surface area contributed by atoms with Gasteiger partial charge in [0.25, 0.3) is 10.0 Å². The van der Waals surface area contributed by atoms with Gasteiger partial charge in [-0.05, 0) is 36.4 Å². The second kappa shape index (κ2) is 6.66. The monoisotopic (exact) mass is 374 g/mol. The van der Waals surface area contributed by atoms with E-state index in [0.717, 1.165) is 0 Å². The Hall–Kier alpha value is -1.96. The summed E-state index contributed by atoms with van der Waals surface area (Å²) in [5.74, 6) is -0.342. The number of carbonyl (C=O) groups is 1. The molecular formula is C14H12Cl2N2O4S. The first-order chi connectivity index (χ1) is 10.8. The number of nitrogens with one attached hydrogen (secondary N) is 1. The summed E-state index contributed by atoms with van der Waals surface area (Å²) < 4.78 is 32.1. The first-order valence-corrected chi connectivity index (χ1v) is 8.45. The van der Waals surface area contributed by atoms with Crippen molar-refractivity contribution in [1.29, 1.82) is 0 Å². The predicted octanol–water partition coefficient (Wildman–Crippen LogP) is 2.90. The van der Waals surface area contributed by atoms with E-state index in [-0.39, 0.29) is 31.9 Å². The maximum atomic E-state index is 12.4. The van der Waals surface area contributed by atoms with E-state index < -0.39 is 15.9 Å². The Morgan fingerprint density at radius 2 is 1.70 bits per heavy atom. The summed E-state index contributed by atoms with van der Waals surface area (Å²) in [6.07, 6.45) is 0. The molecular weight excluding hydrogens is 363 g/mol. The lowest BCUT2D eigenvalue weighted by Gasteiger charge is -2.12. The lowest BCUT2D eigenvalue weighted by molar-refractivity contribution is 0.100. The molecule has 0 bridgehead atoms. The Morgan fingerprint density at radius 1 is 1.09 bits per heavy atom. The lowest BCUT2D eigenvalue weighted by Crippen LogP contribution is -2.14.